The molecule has 7 N–H and O–H groups in total. The second-order valence-electron chi connectivity index (χ2n) is 5.74. The molecule has 0 aliphatic carbocycles. The Morgan fingerprint density at radius 1 is 0.708 bits per heavy atom. The van der Waals surface area contributed by atoms with E-state index in [0.717, 1.165) is 0 Å². The van der Waals surface area contributed by atoms with E-state index in [1.54, 1.807) is 0 Å². The van der Waals surface area contributed by atoms with Crippen molar-refractivity contribution in [2.45, 2.75) is 61.4 Å². The van der Waals surface area contributed by atoms with Crippen molar-refractivity contribution in [2.24, 2.45) is 0 Å². The maximum Gasteiger partial charge on any atom is 0.187 e. The molecule has 2 fully saturated rings. The van der Waals surface area contributed by atoms with Crippen LogP contribution in [0.5, 0.6) is 0 Å². The average Bonchev–Trinajstić information content (AvgIpc) is 2.58. The Kier molecular flexibility index (Phi) is 6.87. The molecule has 0 radical (unpaired) electrons. The number of hydrogen-bond acceptors (Lipinski definition) is 11. The minimum absolute atomic E-state index is 0.581. The van der Waals surface area contributed by atoms with Crippen LogP contribution < -0.4 is 0 Å². The summed E-state index contributed by atoms with van der Waals surface area (Å²) in [5.74, 6) is 0. The Labute approximate surface area is 137 Å². The minimum Gasteiger partial charge on any atom is -0.394 e. The molecule has 11 heteroatoms. The first kappa shape index (κ1) is 19.9. The van der Waals surface area contributed by atoms with Crippen LogP contribution in [0.3, 0.4) is 0 Å². The fourth-order valence-corrected chi connectivity index (χ4v) is 2.74. The van der Waals surface area contributed by atoms with Gasteiger partial charge in [-0.2, -0.15) is 0 Å². The topological polar surface area (TPSA) is 179 Å². The Morgan fingerprint density at radius 3 is 1.79 bits per heavy atom. The molecule has 142 valence electrons. The zero-order chi connectivity index (χ0) is 18.0. The lowest BCUT2D eigenvalue weighted by molar-refractivity contribution is -0.358. The summed E-state index contributed by atoms with van der Waals surface area (Å²) in [7, 11) is 1.24. The fraction of sp³-hybridized carbons (Fsp3) is 1.00. The lowest BCUT2D eigenvalue weighted by Gasteiger charge is -2.45. The van der Waals surface area contributed by atoms with Crippen LogP contribution in [-0.2, 0) is 18.9 Å². The Morgan fingerprint density at radius 2 is 1.25 bits per heavy atom. The van der Waals surface area contributed by atoms with Crippen LogP contribution in [0.1, 0.15) is 0 Å². The number of aliphatic hydroxyl groups is 7. The van der Waals surface area contributed by atoms with E-state index in [1.807, 2.05) is 0 Å². The van der Waals surface area contributed by atoms with Crippen molar-refractivity contribution >= 4 is 0 Å². The van der Waals surface area contributed by atoms with E-state index < -0.39 is 74.6 Å². The van der Waals surface area contributed by atoms with Gasteiger partial charge in [0.25, 0.3) is 0 Å². The molecule has 0 saturated carbocycles. The van der Waals surface area contributed by atoms with E-state index in [-0.39, 0.29) is 0 Å². The van der Waals surface area contributed by atoms with Crippen molar-refractivity contribution < 1.29 is 54.7 Å². The Bertz CT molecular complexity index is 378. The van der Waals surface area contributed by atoms with Crippen LogP contribution in [0.2, 0.25) is 0 Å². The van der Waals surface area contributed by atoms with E-state index in [0.29, 0.717) is 0 Å². The number of ether oxygens (including phenoxy) is 4. The molecule has 2 aliphatic heterocycles. The molecule has 0 aromatic rings. The van der Waals surface area contributed by atoms with Crippen LogP contribution in [-0.4, -0.2) is 117 Å². The van der Waals surface area contributed by atoms with Gasteiger partial charge in [0.15, 0.2) is 12.6 Å². The monoisotopic (exact) mass is 356 g/mol. The second-order valence-corrected chi connectivity index (χ2v) is 5.74. The molecule has 0 unspecified atom stereocenters. The molecule has 0 amide bonds. The van der Waals surface area contributed by atoms with Crippen LogP contribution in [0, 0.1) is 0 Å². The third-order valence-electron chi connectivity index (χ3n) is 4.19. The second kappa shape index (κ2) is 8.29. The van der Waals surface area contributed by atoms with E-state index in [9.17, 15) is 30.6 Å². The van der Waals surface area contributed by atoms with Crippen molar-refractivity contribution in [1.29, 1.82) is 0 Å². The summed E-state index contributed by atoms with van der Waals surface area (Å²) in [5, 5.41) is 68.1. The maximum absolute atomic E-state index is 10.2. The van der Waals surface area contributed by atoms with Gasteiger partial charge in [-0.15, -0.1) is 0 Å². The average molecular weight is 356 g/mol. The standard InChI is InChI=1S/C13H24O11/c1-21-12-10(20)11(7(17)5(3-15)22-12)24-13-9(19)8(18)6(16)4(2-14)23-13/h4-20H,2-3H2,1H3/t4-,5-,6-,7-,8+,9-,10-,11+,12+,13+/m1/s1. The van der Waals surface area contributed by atoms with Gasteiger partial charge in [0, 0.05) is 7.11 Å². The highest BCUT2D eigenvalue weighted by Crippen LogP contribution is 2.29. The van der Waals surface area contributed by atoms with Gasteiger partial charge in [-0.1, -0.05) is 0 Å². The summed E-state index contributed by atoms with van der Waals surface area (Å²) in [4.78, 5) is 0. The molecule has 0 aromatic carbocycles. The van der Waals surface area contributed by atoms with E-state index >= 15 is 0 Å². The van der Waals surface area contributed by atoms with Gasteiger partial charge in [0.1, 0.15) is 48.8 Å². The fourth-order valence-electron chi connectivity index (χ4n) is 2.74. The lowest BCUT2D eigenvalue weighted by atomic mass is 9.97. The van der Waals surface area contributed by atoms with Crippen LogP contribution in [0.15, 0.2) is 0 Å². The van der Waals surface area contributed by atoms with Gasteiger partial charge in [0.2, 0.25) is 0 Å². The van der Waals surface area contributed by atoms with Crippen molar-refractivity contribution in [1.82, 2.24) is 0 Å². The minimum atomic E-state index is -1.70. The van der Waals surface area contributed by atoms with Gasteiger partial charge in [0.05, 0.1) is 13.2 Å². The molecular weight excluding hydrogens is 332 g/mol. The van der Waals surface area contributed by atoms with E-state index in [2.05, 4.69) is 0 Å². The molecule has 2 rings (SSSR count). The lowest BCUT2D eigenvalue weighted by Crippen LogP contribution is -2.64. The molecule has 24 heavy (non-hydrogen) atoms. The SMILES string of the molecule is CO[C@H]1O[C@H](CO)[C@@H](O)[C@H](O[C@@H]2O[C@H](CO)[C@@H](O)[C@H](O)[C@H]2O)[C@H]1O. The molecule has 11 nitrogen and oxygen atoms in total. The molecule has 2 heterocycles. The van der Waals surface area contributed by atoms with Gasteiger partial charge in [-0.25, -0.2) is 0 Å². The molecular formula is C13H24O11. The predicted molar refractivity (Wildman–Crippen MR) is 73.4 cm³/mol. The van der Waals surface area contributed by atoms with Crippen molar-refractivity contribution in [2.75, 3.05) is 20.3 Å². The zero-order valence-corrected chi connectivity index (χ0v) is 13.0. The number of hydrogen-bond donors (Lipinski definition) is 7. The first-order valence-corrected chi connectivity index (χ1v) is 7.46. The smallest absolute Gasteiger partial charge is 0.187 e. The number of aliphatic hydroxyl groups excluding tert-OH is 7. The summed E-state index contributed by atoms with van der Waals surface area (Å²) < 4.78 is 20.6. The first-order chi connectivity index (χ1) is 11.3. The van der Waals surface area contributed by atoms with Crippen LogP contribution in [0.25, 0.3) is 0 Å². The third-order valence-corrected chi connectivity index (χ3v) is 4.19. The molecule has 0 spiro atoms. The zero-order valence-electron chi connectivity index (χ0n) is 13.0. The largest absolute Gasteiger partial charge is 0.394 e. The quantitative estimate of drug-likeness (QED) is 0.251. The van der Waals surface area contributed by atoms with Gasteiger partial charge in [-0.05, 0) is 0 Å². The van der Waals surface area contributed by atoms with Gasteiger partial charge in [-0.3, -0.25) is 0 Å². The maximum atomic E-state index is 10.2. The summed E-state index contributed by atoms with van der Waals surface area (Å²) in [6.07, 6.45) is -14.4. The van der Waals surface area contributed by atoms with E-state index in [1.165, 1.54) is 7.11 Å². The van der Waals surface area contributed by atoms with Gasteiger partial charge >= 0.3 is 0 Å². The molecule has 10 atom stereocenters. The van der Waals surface area contributed by atoms with Crippen LogP contribution >= 0.6 is 0 Å². The van der Waals surface area contributed by atoms with Crippen molar-refractivity contribution in [3.63, 3.8) is 0 Å². The summed E-state index contributed by atoms with van der Waals surface area (Å²) >= 11 is 0. The summed E-state index contributed by atoms with van der Waals surface area (Å²) in [5.41, 5.74) is 0. The highest BCUT2D eigenvalue weighted by Gasteiger charge is 2.50. The molecule has 2 saturated heterocycles. The summed E-state index contributed by atoms with van der Waals surface area (Å²) in [6, 6.07) is 0. The highest BCUT2D eigenvalue weighted by molar-refractivity contribution is 4.93. The van der Waals surface area contributed by atoms with Crippen LogP contribution in [0.4, 0.5) is 0 Å². The Balaban J connectivity index is 2.14. The summed E-state index contributed by atoms with van der Waals surface area (Å²) in [6.45, 7) is -1.23. The highest BCUT2D eigenvalue weighted by atomic mass is 16.7. The van der Waals surface area contributed by atoms with E-state index in [4.69, 9.17) is 24.1 Å². The Hall–Kier alpha value is -0.440. The first-order valence-electron chi connectivity index (χ1n) is 7.46. The van der Waals surface area contributed by atoms with Crippen molar-refractivity contribution in [3.05, 3.63) is 0 Å². The van der Waals surface area contributed by atoms with Crippen molar-refractivity contribution in [3.8, 4) is 0 Å². The molecule has 0 bridgehead atoms. The molecule has 2 aliphatic rings. The number of rotatable bonds is 5. The van der Waals surface area contributed by atoms with Gasteiger partial charge < -0.3 is 54.7 Å². The number of methoxy groups -OCH3 is 1. The normalized spacial score (nSPS) is 50.0. The molecule has 0 aromatic heterocycles. The third kappa shape index (κ3) is 3.71. The predicted octanol–water partition coefficient (Wildman–Crippen LogP) is -4.74.